The van der Waals surface area contributed by atoms with Crippen LogP contribution in [0.4, 0.5) is 0 Å². The molecular formula is C24H32O4. The molecule has 0 bridgehead atoms. The molecule has 1 aliphatic heterocycles. The minimum Gasteiger partial charge on any atom is -0.507 e. The first-order chi connectivity index (χ1) is 13.4. The normalized spacial score (nSPS) is 18.8. The van der Waals surface area contributed by atoms with Gasteiger partial charge in [-0.25, -0.2) is 0 Å². The Hall–Kier alpha value is -2.20. The lowest BCUT2D eigenvalue weighted by Crippen LogP contribution is -2.35. The van der Waals surface area contributed by atoms with Crippen LogP contribution in [0, 0.1) is 0 Å². The van der Waals surface area contributed by atoms with Crippen molar-refractivity contribution in [1.82, 2.24) is 0 Å². The highest BCUT2D eigenvalue weighted by Crippen LogP contribution is 2.48. The number of rotatable bonds is 8. The lowest BCUT2D eigenvalue weighted by atomic mass is 9.82. The summed E-state index contributed by atoms with van der Waals surface area (Å²) >= 11 is 0. The number of fused-ring (bicyclic) bond motifs is 1. The molecule has 0 spiro atoms. The van der Waals surface area contributed by atoms with Gasteiger partial charge in [0.15, 0.2) is 0 Å². The molecule has 152 valence electrons. The summed E-state index contributed by atoms with van der Waals surface area (Å²) in [5, 5.41) is 20.0. The third-order valence-electron chi connectivity index (χ3n) is 5.36. The van der Waals surface area contributed by atoms with Crippen molar-refractivity contribution in [3.63, 3.8) is 0 Å². The van der Waals surface area contributed by atoms with Crippen LogP contribution in [-0.2, 0) is 6.42 Å². The molecule has 2 N–H and O–H groups in total. The second-order valence-corrected chi connectivity index (χ2v) is 8.44. The van der Waals surface area contributed by atoms with Crippen molar-refractivity contribution in [2.24, 2.45) is 0 Å². The average Bonchev–Trinajstić information content (AvgIpc) is 2.61. The van der Waals surface area contributed by atoms with Gasteiger partial charge in [-0.1, -0.05) is 30.3 Å². The first-order valence-electron chi connectivity index (χ1n) is 10.3. The van der Waals surface area contributed by atoms with Gasteiger partial charge in [-0.05, 0) is 64.4 Å². The molecule has 1 aliphatic rings. The van der Waals surface area contributed by atoms with E-state index in [1.165, 1.54) is 5.56 Å². The quantitative estimate of drug-likeness (QED) is 0.656. The SMILES string of the molecule is CC(CCCc1ccccc1)Oc1cc(O)c2c(c1)OC(C)(C)CC2CCO. The summed E-state index contributed by atoms with van der Waals surface area (Å²) in [6, 6.07) is 14.0. The molecule has 1 heterocycles. The highest BCUT2D eigenvalue weighted by Gasteiger charge is 2.35. The Labute approximate surface area is 168 Å². The Morgan fingerprint density at radius 3 is 2.68 bits per heavy atom. The standard InChI is InChI=1S/C24H32O4/c1-17(8-7-11-18-9-5-4-6-10-18)27-20-14-21(26)23-19(12-13-25)16-24(2,3)28-22(23)15-20/h4-6,9-10,14-15,17,19,25-26H,7-8,11-13,16H2,1-3H3. The molecule has 0 aliphatic carbocycles. The average molecular weight is 385 g/mol. The van der Waals surface area contributed by atoms with E-state index in [1.54, 1.807) is 6.07 Å². The van der Waals surface area contributed by atoms with Gasteiger partial charge in [0.25, 0.3) is 0 Å². The predicted octanol–water partition coefficient (Wildman–Crippen LogP) is 5.21. The number of aromatic hydroxyl groups is 1. The smallest absolute Gasteiger partial charge is 0.130 e. The van der Waals surface area contributed by atoms with Crippen molar-refractivity contribution < 1.29 is 19.7 Å². The van der Waals surface area contributed by atoms with Crippen LogP contribution in [-0.4, -0.2) is 28.5 Å². The third-order valence-corrected chi connectivity index (χ3v) is 5.36. The van der Waals surface area contributed by atoms with Crippen LogP contribution in [0.2, 0.25) is 0 Å². The van der Waals surface area contributed by atoms with Gasteiger partial charge >= 0.3 is 0 Å². The lowest BCUT2D eigenvalue weighted by molar-refractivity contribution is 0.0653. The second kappa shape index (κ2) is 8.87. The number of aryl methyl sites for hydroxylation is 1. The van der Waals surface area contributed by atoms with Crippen molar-refractivity contribution in [3.8, 4) is 17.2 Å². The van der Waals surface area contributed by atoms with Crippen LogP contribution in [0.3, 0.4) is 0 Å². The molecule has 28 heavy (non-hydrogen) atoms. The number of phenols is 1. The molecular weight excluding hydrogens is 352 g/mol. The Morgan fingerprint density at radius 2 is 1.96 bits per heavy atom. The fraction of sp³-hybridized carbons (Fsp3) is 0.500. The summed E-state index contributed by atoms with van der Waals surface area (Å²) in [6.45, 7) is 6.23. The molecule has 0 saturated heterocycles. The summed E-state index contributed by atoms with van der Waals surface area (Å²) in [6.07, 6.45) is 4.44. The molecule has 3 rings (SSSR count). The minimum absolute atomic E-state index is 0.0472. The first-order valence-corrected chi connectivity index (χ1v) is 10.3. The van der Waals surface area contributed by atoms with Crippen molar-refractivity contribution in [1.29, 1.82) is 0 Å². The van der Waals surface area contributed by atoms with Gasteiger partial charge in [-0.15, -0.1) is 0 Å². The van der Waals surface area contributed by atoms with Crippen LogP contribution >= 0.6 is 0 Å². The fourth-order valence-corrected chi connectivity index (χ4v) is 4.12. The van der Waals surface area contributed by atoms with E-state index in [0.717, 1.165) is 31.2 Å². The van der Waals surface area contributed by atoms with Gasteiger partial charge in [-0.3, -0.25) is 0 Å². The molecule has 2 aromatic rings. The van der Waals surface area contributed by atoms with Crippen LogP contribution in [0.15, 0.2) is 42.5 Å². The van der Waals surface area contributed by atoms with Crippen molar-refractivity contribution in [3.05, 3.63) is 53.6 Å². The summed E-state index contributed by atoms with van der Waals surface area (Å²) < 4.78 is 12.2. The molecule has 2 unspecified atom stereocenters. The summed E-state index contributed by atoms with van der Waals surface area (Å²) in [5.74, 6) is 1.57. The Kier molecular flexibility index (Phi) is 6.50. The van der Waals surface area contributed by atoms with E-state index >= 15 is 0 Å². The Morgan fingerprint density at radius 1 is 1.21 bits per heavy atom. The monoisotopic (exact) mass is 384 g/mol. The van der Waals surface area contributed by atoms with Crippen LogP contribution in [0.5, 0.6) is 17.2 Å². The molecule has 0 fully saturated rings. The molecule has 2 atom stereocenters. The first kappa shape index (κ1) is 20.5. The van der Waals surface area contributed by atoms with Gasteiger partial charge in [0, 0.05) is 24.3 Å². The van der Waals surface area contributed by atoms with Gasteiger partial charge in [-0.2, -0.15) is 0 Å². The van der Waals surface area contributed by atoms with Gasteiger partial charge in [0.1, 0.15) is 22.8 Å². The highest BCUT2D eigenvalue weighted by molar-refractivity contribution is 5.53. The summed E-state index contributed by atoms with van der Waals surface area (Å²) in [7, 11) is 0. The molecule has 0 radical (unpaired) electrons. The molecule has 0 amide bonds. The van der Waals surface area contributed by atoms with E-state index in [4.69, 9.17) is 9.47 Å². The topological polar surface area (TPSA) is 58.9 Å². The largest absolute Gasteiger partial charge is 0.507 e. The van der Waals surface area contributed by atoms with Gasteiger partial charge < -0.3 is 19.7 Å². The maximum atomic E-state index is 10.6. The number of ether oxygens (including phenoxy) is 2. The van der Waals surface area contributed by atoms with Crippen molar-refractivity contribution in [2.75, 3.05) is 6.61 Å². The highest BCUT2D eigenvalue weighted by atomic mass is 16.5. The van der Waals surface area contributed by atoms with Crippen LogP contribution < -0.4 is 9.47 Å². The van der Waals surface area contributed by atoms with E-state index in [-0.39, 0.29) is 30.0 Å². The lowest BCUT2D eigenvalue weighted by Gasteiger charge is -2.38. The Balaban J connectivity index is 1.65. The van der Waals surface area contributed by atoms with Crippen molar-refractivity contribution >= 4 is 0 Å². The third kappa shape index (κ3) is 5.20. The number of benzene rings is 2. The fourth-order valence-electron chi connectivity index (χ4n) is 4.12. The number of phenolic OH excluding ortho intramolecular Hbond substituents is 1. The zero-order valence-electron chi connectivity index (χ0n) is 17.1. The maximum absolute atomic E-state index is 10.6. The van der Waals surface area contributed by atoms with Gasteiger partial charge in [0.05, 0.1) is 6.10 Å². The molecule has 4 nitrogen and oxygen atoms in total. The van der Waals surface area contributed by atoms with Crippen LogP contribution in [0.25, 0.3) is 0 Å². The summed E-state index contributed by atoms with van der Waals surface area (Å²) in [5.41, 5.74) is 1.79. The molecule has 4 heteroatoms. The number of hydrogen-bond donors (Lipinski definition) is 2. The number of aliphatic hydroxyl groups excluding tert-OH is 1. The molecule has 0 aromatic heterocycles. The van der Waals surface area contributed by atoms with Gasteiger partial charge in [0.2, 0.25) is 0 Å². The number of hydrogen-bond acceptors (Lipinski definition) is 4. The van der Waals surface area contributed by atoms with E-state index in [0.29, 0.717) is 17.9 Å². The van der Waals surface area contributed by atoms with E-state index in [2.05, 4.69) is 31.2 Å². The van der Waals surface area contributed by atoms with E-state index < -0.39 is 0 Å². The number of aliphatic hydroxyl groups is 1. The van der Waals surface area contributed by atoms with Crippen molar-refractivity contribution in [2.45, 2.75) is 70.5 Å². The Bertz CT molecular complexity index is 770. The van der Waals surface area contributed by atoms with E-state index in [9.17, 15) is 10.2 Å². The maximum Gasteiger partial charge on any atom is 0.130 e. The zero-order valence-corrected chi connectivity index (χ0v) is 17.1. The molecule has 0 saturated carbocycles. The zero-order chi connectivity index (χ0) is 20.1. The molecule has 2 aromatic carbocycles. The minimum atomic E-state index is -0.334. The predicted molar refractivity (Wildman–Crippen MR) is 111 cm³/mol. The second-order valence-electron chi connectivity index (χ2n) is 8.44. The van der Waals surface area contributed by atoms with Crippen LogP contribution in [0.1, 0.15) is 63.5 Å². The van der Waals surface area contributed by atoms with E-state index in [1.807, 2.05) is 26.0 Å². The summed E-state index contributed by atoms with van der Waals surface area (Å²) in [4.78, 5) is 0.